The Morgan fingerprint density at radius 1 is 1.00 bits per heavy atom. The number of ether oxygens (including phenoxy) is 2. The number of hydrogen-bond acceptors (Lipinski definition) is 4. The number of amides is 1. The zero-order valence-electron chi connectivity index (χ0n) is 16.2. The Morgan fingerprint density at radius 2 is 1.73 bits per heavy atom. The van der Waals surface area contributed by atoms with Crippen molar-refractivity contribution in [1.82, 2.24) is 0 Å². The van der Waals surface area contributed by atoms with Gasteiger partial charge in [0.1, 0.15) is 11.5 Å². The number of halogens is 1. The van der Waals surface area contributed by atoms with Crippen molar-refractivity contribution < 1.29 is 24.2 Å². The zero-order chi connectivity index (χ0) is 21.5. The third-order valence-corrected chi connectivity index (χ3v) is 5.06. The Labute approximate surface area is 182 Å². The molecule has 30 heavy (non-hydrogen) atoms. The van der Waals surface area contributed by atoms with E-state index in [9.17, 15) is 14.7 Å². The second-order valence-electron chi connectivity index (χ2n) is 6.40. The molecule has 7 heteroatoms. The van der Waals surface area contributed by atoms with Crippen LogP contribution >= 0.6 is 15.9 Å². The van der Waals surface area contributed by atoms with Crippen LogP contribution in [0, 0.1) is 0 Å². The van der Waals surface area contributed by atoms with Gasteiger partial charge in [-0.2, -0.15) is 0 Å². The maximum Gasteiger partial charge on any atom is 0.337 e. The van der Waals surface area contributed by atoms with Crippen molar-refractivity contribution >= 4 is 33.5 Å². The normalized spacial score (nSPS) is 10.3. The lowest BCUT2D eigenvalue weighted by Gasteiger charge is -2.12. The van der Waals surface area contributed by atoms with E-state index in [1.54, 1.807) is 43.5 Å². The summed E-state index contributed by atoms with van der Waals surface area (Å²) in [5, 5.41) is 12.0. The van der Waals surface area contributed by atoms with Gasteiger partial charge in [0.15, 0.2) is 0 Å². The number of benzene rings is 3. The number of anilines is 1. The number of carboxylic acid groups (broad SMARTS) is 1. The number of carbonyl (C=O) groups excluding carboxylic acids is 1. The minimum absolute atomic E-state index is 0.00428. The van der Waals surface area contributed by atoms with Crippen molar-refractivity contribution in [1.29, 1.82) is 0 Å². The van der Waals surface area contributed by atoms with Gasteiger partial charge in [-0.1, -0.05) is 24.3 Å². The first kappa shape index (κ1) is 21.4. The molecule has 0 fully saturated rings. The molecule has 0 aliphatic carbocycles. The highest BCUT2D eigenvalue weighted by atomic mass is 79.9. The van der Waals surface area contributed by atoms with E-state index in [4.69, 9.17) is 9.47 Å². The summed E-state index contributed by atoms with van der Waals surface area (Å²) in [5.74, 6) is -0.191. The van der Waals surface area contributed by atoms with Crippen molar-refractivity contribution in [3.05, 3.63) is 87.9 Å². The van der Waals surface area contributed by atoms with Crippen LogP contribution in [0.5, 0.6) is 11.5 Å². The maximum absolute atomic E-state index is 12.7. The number of para-hydroxylation sites is 1. The van der Waals surface area contributed by atoms with Crippen LogP contribution in [0.3, 0.4) is 0 Å². The second kappa shape index (κ2) is 9.93. The highest BCUT2D eigenvalue weighted by Crippen LogP contribution is 2.27. The standard InChI is InChI=1S/C23H20BrNO5/c1-29-17-10-8-15(9-11-17)12-13-30-18-5-2-4-16(14-18)22(26)25-21-19(23(27)28)6-3-7-20(21)24/h2-11,14H,12-13H2,1H3,(H,25,26)(H,27,28). The van der Waals surface area contributed by atoms with E-state index in [0.29, 0.717) is 28.8 Å². The molecule has 1 amide bonds. The van der Waals surface area contributed by atoms with Gasteiger partial charge >= 0.3 is 5.97 Å². The highest BCUT2D eigenvalue weighted by molar-refractivity contribution is 9.10. The fourth-order valence-corrected chi connectivity index (χ4v) is 3.29. The number of hydrogen-bond donors (Lipinski definition) is 2. The average Bonchev–Trinajstić information content (AvgIpc) is 2.75. The maximum atomic E-state index is 12.7. The molecule has 0 heterocycles. The van der Waals surface area contributed by atoms with Crippen molar-refractivity contribution in [2.45, 2.75) is 6.42 Å². The Morgan fingerprint density at radius 3 is 2.43 bits per heavy atom. The second-order valence-corrected chi connectivity index (χ2v) is 7.25. The molecule has 6 nitrogen and oxygen atoms in total. The number of methoxy groups -OCH3 is 1. The molecule has 0 radical (unpaired) electrons. The zero-order valence-corrected chi connectivity index (χ0v) is 17.8. The fourth-order valence-electron chi connectivity index (χ4n) is 2.82. The molecular formula is C23H20BrNO5. The first-order valence-corrected chi connectivity index (χ1v) is 9.96. The lowest BCUT2D eigenvalue weighted by molar-refractivity contribution is 0.0698. The van der Waals surface area contributed by atoms with Crippen molar-refractivity contribution in [2.24, 2.45) is 0 Å². The number of carboxylic acids is 1. The Hall–Kier alpha value is -3.32. The van der Waals surface area contributed by atoms with E-state index in [-0.39, 0.29) is 11.3 Å². The van der Waals surface area contributed by atoms with Gasteiger partial charge < -0.3 is 19.9 Å². The van der Waals surface area contributed by atoms with E-state index in [0.717, 1.165) is 11.3 Å². The summed E-state index contributed by atoms with van der Waals surface area (Å²) in [4.78, 5) is 24.1. The molecule has 154 valence electrons. The van der Waals surface area contributed by atoms with Crippen LogP contribution in [-0.2, 0) is 6.42 Å². The third-order valence-electron chi connectivity index (χ3n) is 4.40. The van der Waals surface area contributed by atoms with E-state index in [1.807, 2.05) is 24.3 Å². The summed E-state index contributed by atoms with van der Waals surface area (Å²) in [7, 11) is 1.63. The monoisotopic (exact) mass is 469 g/mol. The van der Waals surface area contributed by atoms with Crippen LogP contribution < -0.4 is 14.8 Å². The summed E-state index contributed by atoms with van der Waals surface area (Å²) in [6.45, 7) is 0.449. The molecule has 2 N–H and O–H groups in total. The minimum Gasteiger partial charge on any atom is -0.497 e. The van der Waals surface area contributed by atoms with Crippen LogP contribution in [0.15, 0.2) is 71.2 Å². The van der Waals surface area contributed by atoms with Gasteiger partial charge in [0, 0.05) is 16.5 Å². The quantitative estimate of drug-likeness (QED) is 0.483. The summed E-state index contributed by atoms with van der Waals surface area (Å²) in [6, 6.07) is 19.2. The van der Waals surface area contributed by atoms with Gasteiger partial charge in [0.05, 0.1) is 25.0 Å². The first-order chi connectivity index (χ1) is 14.5. The third kappa shape index (κ3) is 5.39. The van der Waals surface area contributed by atoms with Crippen LogP contribution in [-0.4, -0.2) is 30.7 Å². The predicted molar refractivity (Wildman–Crippen MR) is 118 cm³/mol. The van der Waals surface area contributed by atoms with E-state index in [2.05, 4.69) is 21.2 Å². The molecule has 0 aliphatic rings. The van der Waals surface area contributed by atoms with Gasteiger partial charge in [-0.25, -0.2) is 4.79 Å². The molecule has 0 unspecified atom stereocenters. The largest absolute Gasteiger partial charge is 0.497 e. The summed E-state index contributed by atoms with van der Waals surface area (Å²) in [6.07, 6.45) is 0.708. The van der Waals surface area contributed by atoms with E-state index >= 15 is 0 Å². The Balaban J connectivity index is 1.65. The molecule has 0 saturated heterocycles. The molecule has 3 aromatic rings. The van der Waals surface area contributed by atoms with E-state index < -0.39 is 11.9 Å². The average molecular weight is 470 g/mol. The van der Waals surface area contributed by atoms with Crippen molar-refractivity contribution in [3.8, 4) is 11.5 Å². The fraction of sp³-hybridized carbons (Fsp3) is 0.130. The van der Waals surface area contributed by atoms with Crippen molar-refractivity contribution in [3.63, 3.8) is 0 Å². The summed E-state index contributed by atoms with van der Waals surface area (Å²) in [5.41, 5.74) is 1.69. The SMILES string of the molecule is COc1ccc(CCOc2cccc(C(=O)Nc3c(Br)cccc3C(=O)O)c2)cc1. The number of carbonyl (C=O) groups is 2. The lowest BCUT2D eigenvalue weighted by Crippen LogP contribution is -2.15. The van der Waals surface area contributed by atoms with Crippen LogP contribution in [0.25, 0.3) is 0 Å². The number of rotatable bonds is 8. The number of nitrogens with one attached hydrogen (secondary N) is 1. The van der Waals surface area contributed by atoms with Gasteiger partial charge in [-0.15, -0.1) is 0 Å². The molecule has 0 saturated carbocycles. The minimum atomic E-state index is -1.12. The van der Waals surface area contributed by atoms with Gasteiger partial charge in [0.25, 0.3) is 5.91 Å². The summed E-state index contributed by atoms with van der Waals surface area (Å²) < 4.78 is 11.4. The molecule has 0 aromatic heterocycles. The predicted octanol–water partition coefficient (Wildman–Crippen LogP) is 5.03. The molecule has 3 rings (SSSR count). The molecular weight excluding hydrogens is 450 g/mol. The molecule has 3 aromatic carbocycles. The van der Waals surface area contributed by atoms with Crippen LogP contribution in [0.4, 0.5) is 5.69 Å². The van der Waals surface area contributed by atoms with Crippen molar-refractivity contribution in [2.75, 3.05) is 19.0 Å². The van der Waals surface area contributed by atoms with Gasteiger partial charge in [0.2, 0.25) is 0 Å². The molecule has 0 atom stereocenters. The highest BCUT2D eigenvalue weighted by Gasteiger charge is 2.16. The Bertz CT molecular complexity index is 1050. The van der Waals surface area contributed by atoms with Gasteiger partial charge in [-0.3, -0.25) is 4.79 Å². The van der Waals surface area contributed by atoms with Crippen LogP contribution in [0.2, 0.25) is 0 Å². The smallest absolute Gasteiger partial charge is 0.337 e. The van der Waals surface area contributed by atoms with E-state index in [1.165, 1.54) is 6.07 Å². The first-order valence-electron chi connectivity index (χ1n) is 9.17. The summed E-state index contributed by atoms with van der Waals surface area (Å²) >= 11 is 3.29. The van der Waals surface area contributed by atoms with Crippen LogP contribution in [0.1, 0.15) is 26.3 Å². The van der Waals surface area contributed by atoms with Gasteiger partial charge in [-0.05, 0) is 64.0 Å². The molecule has 0 bridgehead atoms. The Kier molecular flexibility index (Phi) is 7.08. The molecule has 0 aliphatic heterocycles. The topological polar surface area (TPSA) is 84.9 Å². The number of aromatic carboxylic acids is 1. The lowest BCUT2D eigenvalue weighted by atomic mass is 10.1. The molecule has 0 spiro atoms.